The Bertz CT molecular complexity index is 989. The van der Waals surface area contributed by atoms with Crippen LogP contribution in [0.15, 0.2) is 53.7 Å². The predicted octanol–water partition coefficient (Wildman–Crippen LogP) is 2.93. The Balaban J connectivity index is 1.47. The van der Waals surface area contributed by atoms with E-state index in [2.05, 4.69) is 27.4 Å². The maximum absolute atomic E-state index is 11.9. The molecule has 0 N–H and O–H groups in total. The summed E-state index contributed by atoms with van der Waals surface area (Å²) >= 11 is 1.41. The monoisotopic (exact) mass is 394 g/mol. The Hall–Kier alpha value is -3.31. The number of aryl methyl sites for hydroxylation is 1. The van der Waals surface area contributed by atoms with E-state index >= 15 is 0 Å². The molecule has 2 aromatic carbocycles. The molecule has 0 unspecified atom stereocenters. The molecule has 0 fully saturated rings. The van der Waals surface area contributed by atoms with E-state index in [4.69, 9.17) is 9.47 Å². The largest absolute Gasteiger partial charge is 0.497 e. The molecule has 0 aliphatic heterocycles. The first-order chi connectivity index (χ1) is 13.7. The van der Waals surface area contributed by atoms with Crippen LogP contribution in [0.3, 0.4) is 0 Å². The number of hydrogen-bond acceptors (Lipinski definition) is 7. The molecular weight excluding hydrogens is 376 g/mol. The Labute approximate surface area is 167 Å². The van der Waals surface area contributed by atoms with Gasteiger partial charge in [-0.25, -0.2) is 4.79 Å². The summed E-state index contributed by atoms with van der Waals surface area (Å²) in [5, 5.41) is 12.4. The quantitative estimate of drug-likeness (QED) is 0.361. The van der Waals surface area contributed by atoms with Gasteiger partial charge in [0.2, 0.25) is 5.16 Å². The summed E-state index contributed by atoms with van der Waals surface area (Å²) in [5.74, 6) is 6.50. The summed E-state index contributed by atoms with van der Waals surface area (Å²) in [5.41, 5.74) is 2.51. The van der Waals surface area contributed by atoms with Gasteiger partial charge in [-0.15, -0.1) is 5.10 Å². The summed E-state index contributed by atoms with van der Waals surface area (Å²) in [6.45, 7) is 2.05. The molecule has 0 amide bonds. The molecule has 28 heavy (non-hydrogen) atoms. The highest BCUT2D eigenvalue weighted by Gasteiger charge is 2.08. The molecule has 7 nitrogen and oxygen atoms in total. The van der Waals surface area contributed by atoms with E-state index in [-0.39, 0.29) is 6.61 Å². The fourth-order valence-corrected chi connectivity index (χ4v) is 2.89. The minimum Gasteiger partial charge on any atom is -0.497 e. The van der Waals surface area contributed by atoms with Crippen molar-refractivity contribution in [2.45, 2.75) is 12.1 Å². The summed E-state index contributed by atoms with van der Waals surface area (Å²) in [4.78, 5) is 11.9. The van der Waals surface area contributed by atoms with Crippen molar-refractivity contribution in [3.8, 4) is 23.3 Å². The third-order valence-corrected chi connectivity index (χ3v) is 4.52. The number of ether oxygens (including phenoxy) is 2. The Kier molecular flexibility index (Phi) is 6.65. The molecular formula is C20H18N4O3S. The molecule has 0 aliphatic rings. The van der Waals surface area contributed by atoms with E-state index in [0.717, 1.165) is 5.69 Å². The first-order valence-corrected chi connectivity index (χ1v) is 9.41. The highest BCUT2D eigenvalue weighted by Crippen LogP contribution is 2.17. The van der Waals surface area contributed by atoms with Crippen molar-refractivity contribution in [1.82, 2.24) is 20.2 Å². The number of aromatic nitrogens is 4. The van der Waals surface area contributed by atoms with Crippen LogP contribution >= 0.6 is 11.8 Å². The zero-order valence-electron chi connectivity index (χ0n) is 15.5. The Morgan fingerprint density at radius 3 is 2.57 bits per heavy atom. The van der Waals surface area contributed by atoms with Crippen LogP contribution < -0.4 is 4.74 Å². The van der Waals surface area contributed by atoms with Gasteiger partial charge in [0, 0.05) is 0 Å². The average Bonchev–Trinajstić information content (AvgIpc) is 3.19. The number of nitrogens with zero attached hydrogens (tertiary/aromatic N) is 4. The maximum atomic E-state index is 11.9. The first kappa shape index (κ1) is 19.5. The number of esters is 1. The van der Waals surface area contributed by atoms with Gasteiger partial charge >= 0.3 is 5.97 Å². The molecule has 0 saturated heterocycles. The highest BCUT2D eigenvalue weighted by atomic mass is 32.2. The van der Waals surface area contributed by atoms with Crippen LogP contribution in [0.4, 0.5) is 0 Å². The SMILES string of the molecule is COc1ccc(C(=O)OCC#CCSc2nnnn2-c2ccc(C)cc2)cc1. The van der Waals surface area contributed by atoms with Gasteiger partial charge in [-0.3, -0.25) is 0 Å². The number of carbonyl (C=O) groups excluding carboxylic acids is 1. The van der Waals surface area contributed by atoms with E-state index in [1.165, 1.54) is 17.3 Å². The zero-order valence-corrected chi connectivity index (χ0v) is 16.3. The highest BCUT2D eigenvalue weighted by molar-refractivity contribution is 7.99. The van der Waals surface area contributed by atoms with E-state index in [1.54, 1.807) is 36.1 Å². The fourth-order valence-electron chi connectivity index (χ4n) is 2.23. The first-order valence-electron chi connectivity index (χ1n) is 8.42. The lowest BCUT2D eigenvalue weighted by Crippen LogP contribution is -2.05. The molecule has 0 bridgehead atoms. The topological polar surface area (TPSA) is 79.1 Å². The molecule has 3 aromatic rings. The van der Waals surface area contributed by atoms with E-state index < -0.39 is 5.97 Å². The van der Waals surface area contributed by atoms with Crippen LogP contribution in [0.1, 0.15) is 15.9 Å². The number of thioether (sulfide) groups is 1. The van der Waals surface area contributed by atoms with E-state index in [0.29, 0.717) is 22.2 Å². The number of tetrazole rings is 1. The van der Waals surface area contributed by atoms with Crippen molar-refractivity contribution in [2.75, 3.05) is 19.5 Å². The molecule has 1 heterocycles. The van der Waals surface area contributed by atoms with Crippen LogP contribution in [0, 0.1) is 18.8 Å². The second-order valence-electron chi connectivity index (χ2n) is 5.66. The van der Waals surface area contributed by atoms with Gasteiger partial charge in [-0.1, -0.05) is 41.3 Å². The Morgan fingerprint density at radius 1 is 1.11 bits per heavy atom. The van der Waals surface area contributed by atoms with Crippen LogP contribution in [0.5, 0.6) is 5.75 Å². The third-order valence-electron chi connectivity index (χ3n) is 3.72. The van der Waals surface area contributed by atoms with Crippen LogP contribution in [0.2, 0.25) is 0 Å². The van der Waals surface area contributed by atoms with Crippen molar-refractivity contribution in [1.29, 1.82) is 0 Å². The lowest BCUT2D eigenvalue weighted by molar-refractivity contribution is 0.0556. The molecule has 0 spiro atoms. The summed E-state index contributed by atoms with van der Waals surface area (Å²) < 4.78 is 11.9. The van der Waals surface area contributed by atoms with Gasteiger partial charge in [-0.05, 0) is 53.7 Å². The average molecular weight is 394 g/mol. The van der Waals surface area contributed by atoms with Gasteiger partial charge in [0.15, 0.2) is 6.61 Å². The zero-order chi connectivity index (χ0) is 19.8. The van der Waals surface area contributed by atoms with Gasteiger partial charge in [-0.2, -0.15) is 4.68 Å². The maximum Gasteiger partial charge on any atom is 0.339 e. The van der Waals surface area contributed by atoms with Gasteiger partial charge in [0.1, 0.15) is 5.75 Å². The minimum absolute atomic E-state index is 0.0221. The number of benzene rings is 2. The second kappa shape index (κ2) is 9.58. The van der Waals surface area contributed by atoms with E-state index in [1.807, 2.05) is 31.2 Å². The molecule has 142 valence electrons. The van der Waals surface area contributed by atoms with Gasteiger partial charge in [0.05, 0.1) is 24.1 Å². The molecule has 0 aliphatic carbocycles. The normalized spacial score (nSPS) is 10.1. The van der Waals surface area contributed by atoms with Crippen LogP contribution in [-0.4, -0.2) is 45.6 Å². The van der Waals surface area contributed by atoms with Crippen molar-refractivity contribution < 1.29 is 14.3 Å². The molecule has 8 heteroatoms. The number of rotatable bonds is 6. The molecule has 3 rings (SSSR count). The Morgan fingerprint density at radius 2 is 1.86 bits per heavy atom. The number of hydrogen-bond donors (Lipinski definition) is 0. The second-order valence-corrected chi connectivity index (χ2v) is 6.60. The number of methoxy groups -OCH3 is 1. The van der Waals surface area contributed by atoms with Crippen molar-refractivity contribution in [3.05, 3.63) is 59.7 Å². The lowest BCUT2D eigenvalue weighted by atomic mass is 10.2. The molecule has 0 radical (unpaired) electrons. The molecule has 0 atom stereocenters. The van der Waals surface area contributed by atoms with Crippen molar-refractivity contribution in [3.63, 3.8) is 0 Å². The minimum atomic E-state index is -0.423. The van der Waals surface area contributed by atoms with Crippen LogP contribution in [0.25, 0.3) is 5.69 Å². The van der Waals surface area contributed by atoms with Crippen molar-refractivity contribution >= 4 is 17.7 Å². The summed E-state index contributed by atoms with van der Waals surface area (Å²) in [6.07, 6.45) is 0. The molecule has 1 aromatic heterocycles. The van der Waals surface area contributed by atoms with Crippen LogP contribution in [-0.2, 0) is 4.74 Å². The predicted molar refractivity (Wildman–Crippen MR) is 106 cm³/mol. The smallest absolute Gasteiger partial charge is 0.339 e. The summed E-state index contributed by atoms with van der Waals surface area (Å²) in [7, 11) is 1.57. The van der Waals surface area contributed by atoms with Crippen molar-refractivity contribution in [2.24, 2.45) is 0 Å². The lowest BCUT2D eigenvalue weighted by Gasteiger charge is -2.03. The van der Waals surface area contributed by atoms with E-state index in [9.17, 15) is 4.79 Å². The van der Waals surface area contributed by atoms with Gasteiger partial charge < -0.3 is 9.47 Å². The third kappa shape index (κ3) is 5.11. The molecule has 0 saturated carbocycles. The summed E-state index contributed by atoms with van der Waals surface area (Å²) in [6, 6.07) is 14.6. The van der Waals surface area contributed by atoms with Gasteiger partial charge in [0.25, 0.3) is 0 Å². The number of carbonyl (C=O) groups is 1. The standard InChI is InChI=1S/C20H18N4O3S/c1-15-5-9-17(10-6-15)24-20(21-22-23-24)28-14-4-3-13-27-19(25)16-7-11-18(26-2)12-8-16/h5-12H,13-14H2,1-2H3. The fraction of sp³-hybridized carbons (Fsp3) is 0.200.